The Bertz CT molecular complexity index is 246. The minimum atomic E-state index is -2.00. The second kappa shape index (κ2) is 14.5. The summed E-state index contributed by atoms with van der Waals surface area (Å²) in [7, 11) is -2.00. The summed E-state index contributed by atoms with van der Waals surface area (Å²) in [5.41, 5.74) is 0. The molecule has 0 aliphatic carbocycles. The summed E-state index contributed by atoms with van der Waals surface area (Å²) in [5, 5.41) is 0. The van der Waals surface area contributed by atoms with Crippen molar-refractivity contribution < 1.29 is 8.85 Å². The van der Waals surface area contributed by atoms with Gasteiger partial charge in [-0.25, -0.2) is 0 Å². The number of hydrogen-bond donors (Lipinski definition) is 0. The average Bonchev–Trinajstić information content (AvgIpc) is 2.52. The van der Waals surface area contributed by atoms with E-state index in [0.717, 1.165) is 18.9 Å². The van der Waals surface area contributed by atoms with Gasteiger partial charge in [0, 0.05) is 12.2 Å². The molecule has 0 spiro atoms. The third-order valence-electron chi connectivity index (χ3n) is 4.79. The Morgan fingerprint density at radius 2 is 1.04 bits per heavy atom. The van der Waals surface area contributed by atoms with Crippen LogP contribution in [0, 0.1) is 0 Å². The van der Waals surface area contributed by atoms with Gasteiger partial charge in [-0.3, -0.25) is 0 Å². The number of rotatable bonds is 16. The first-order chi connectivity index (χ1) is 11.0. The standard InChI is InChI=1S/C20H44O2Si/c1-7-10-11-12-13-14-15-16-17-18-23(6,21-19(4)8-2)22-20(5)9-3/h19-20H,7-18H2,1-6H3. The minimum absolute atomic E-state index is 0.328. The van der Waals surface area contributed by atoms with E-state index in [1.54, 1.807) is 0 Å². The van der Waals surface area contributed by atoms with Crippen LogP contribution in [0.1, 0.15) is 105 Å². The highest BCUT2D eigenvalue weighted by Gasteiger charge is 2.34. The molecule has 2 atom stereocenters. The molecule has 0 bridgehead atoms. The molecule has 2 unspecified atom stereocenters. The van der Waals surface area contributed by atoms with Gasteiger partial charge in [0.05, 0.1) is 0 Å². The number of unbranched alkanes of at least 4 members (excludes halogenated alkanes) is 8. The van der Waals surface area contributed by atoms with Crippen molar-refractivity contribution in [2.45, 2.75) is 130 Å². The van der Waals surface area contributed by atoms with Gasteiger partial charge in [-0.1, -0.05) is 78.6 Å². The summed E-state index contributed by atoms with van der Waals surface area (Å²) < 4.78 is 12.7. The molecule has 0 rings (SSSR count). The predicted molar refractivity (Wildman–Crippen MR) is 105 cm³/mol. The highest BCUT2D eigenvalue weighted by Crippen LogP contribution is 2.23. The molecule has 0 radical (unpaired) electrons. The molecular weight excluding hydrogens is 300 g/mol. The van der Waals surface area contributed by atoms with Gasteiger partial charge in [0.2, 0.25) is 0 Å². The van der Waals surface area contributed by atoms with Crippen LogP contribution >= 0.6 is 0 Å². The first kappa shape index (κ1) is 23.1. The fourth-order valence-electron chi connectivity index (χ4n) is 2.92. The maximum Gasteiger partial charge on any atom is 0.335 e. The van der Waals surface area contributed by atoms with Gasteiger partial charge in [-0.15, -0.1) is 0 Å². The van der Waals surface area contributed by atoms with Crippen molar-refractivity contribution in [2.75, 3.05) is 0 Å². The summed E-state index contributed by atoms with van der Waals surface area (Å²) in [6, 6.07) is 1.15. The van der Waals surface area contributed by atoms with Gasteiger partial charge in [-0.05, 0) is 39.3 Å². The van der Waals surface area contributed by atoms with E-state index in [9.17, 15) is 0 Å². The summed E-state index contributed by atoms with van der Waals surface area (Å²) in [6.07, 6.45) is 15.2. The predicted octanol–water partition coefficient (Wildman–Crippen LogP) is 7.22. The molecule has 0 aliphatic heterocycles. The zero-order valence-electron chi connectivity index (χ0n) is 17.0. The topological polar surface area (TPSA) is 18.5 Å². The Kier molecular flexibility index (Phi) is 14.6. The molecule has 2 nitrogen and oxygen atoms in total. The molecule has 0 aromatic rings. The Morgan fingerprint density at radius 1 is 0.652 bits per heavy atom. The van der Waals surface area contributed by atoms with Crippen LogP contribution in [0.25, 0.3) is 0 Å². The molecule has 3 heteroatoms. The van der Waals surface area contributed by atoms with E-state index in [0.29, 0.717) is 12.2 Å². The third kappa shape index (κ3) is 13.1. The third-order valence-corrected chi connectivity index (χ3v) is 7.85. The van der Waals surface area contributed by atoms with Crippen LogP contribution in [0.2, 0.25) is 12.6 Å². The van der Waals surface area contributed by atoms with Crippen molar-refractivity contribution in [1.82, 2.24) is 0 Å². The van der Waals surface area contributed by atoms with Gasteiger partial charge >= 0.3 is 8.56 Å². The van der Waals surface area contributed by atoms with Gasteiger partial charge < -0.3 is 8.85 Å². The van der Waals surface area contributed by atoms with E-state index in [4.69, 9.17) is 8.85 Å². The lowest BCUT2D eigenvalue weighted by molar-refractivity contribution is 0.0907. The molecule has 0 fully saturated rings. The van der Waals surface area contributed by atoms with Crippen LogP contribution in [-0.2, 0) is 8.85 Å². The second-order valence-electron chi connectivity index (χ2n) is 7.39. The summed E-state index contributed by atoms with van der Waals surface area (Å²) in [6.45, 7) is 13.3. The van der Waals surface area contributed by atoms with Crippen LogP contribution in [0.4, 0.5) is 0 Å². The Labute approximate surface area is 148 Å². The first-order valence-corrected chi connectivity index (χ1v) is 12.8. The molecule has 23 heavy (non-hydrogen) atoms. The monoisotopic (exact) mass is 344 g/mol. The molecule has 0 aromatic carbocycles. The van der Waals surface area contributed by atoms with Crippen LogP contribution in [0.5, 0.6) is 0 Å². The fraction of sp³-hybridized carbons (Fsp3) is 1.00. The SMILES string of the molecule is CCCCCCCCCCC[Si](C)(OC(C)CC)OC(C)CC. The fourth-order valence-corrected chi connectivity index (χ4v) is 6.14. The van der Waals surface area contributed by atoms with Crippen LogP contribution in [0.3, 0.4) is 0 Å². The van der Waals surface area contributed by atoms with Crippen LogP contribution in [-0.4, -0.2) is 20.8 Å². The molecule has 0 aromatic heterocycles. The zero-order valence-corrected chi connectivity index (χ0v) is 18.0. The molecule has 0 saturated carbocycles. The van der Waals surface area contributed by atoms with Crippen LogP contribution in [0.15, 0.2) is 0 Å². The maximum atomic E-state index is 6.35. The molecule has 0 saturated heterocycles. The summed E-state index contributed by atoms with van der Waals surface area (Å²) >= 11 is 0. The van der Waals surface area contributed by atoms with Crippen molar-refractivity contribution in [3.8, 4) is 0 Å². The van der Waals surface area contributed by atoms with E-state index in [1.807, 2.05) is 0 Å². The van der Waals surface area contributed by atoms with E-state index in [2.05, 4.69) is 41.2 Å². The lowest BCUT2D eigenvalue weighted by Gasteiger charge is -2.32. The van der Waals surface area contributed by atoms with E-state index < -0.39 is 8.56 Å². The normalized spacial score (nSPS) is 17.0. The summed E-state index contributed by atoms with van der Waals surface area (Å²) in [4.78, 5) is 0. The van der Waals surface area contributed by atoms with Gasteiger partial charge in [0.1, 0.15) is 0 Å². The van der Waals surface area contributed by atoms with Crippen molar-refractivity contribution in [3.63, 3.8) is 0 Å². The van der Waals surface area contributed by atoms with E-state index in [-0.39, 0.29) is 0 Å². The van der Waals surface area contributed by atoms with E-state index in [1.165, 1.54) is 57.8 Å². The molecular formula is C20H44O2Si. The zero-order chi connectivity index (χ0) is 17.6. The van der Waals surface area contributed by atoms with Crippen molar-refractivity contribution in [3.05, 3.63) is 0 Å². The minimum Gasteiger partial charge on any atom is -0.392 e. The molecule has 0 amide bonds. The highest BCUT2D eigenvalue weighted by molar-refractivity contribution is 6.66. The van der Waals surface area contributed by atoms with E-state index >= 15 is 0 Å². The second-order valence-corrected chi connectivity index (χ2v) is 10.6. The molecule has 140 valence electrons. The Balaban J connectivity index is 3.95. The maximum absolute atomic E-state index is 6.35. The molecule has 0 N–H and O–H groups in total. The average molecular weight is 345 g/mol. The lowest BCUT2D eigenvalue weighted by atomic mass is 10.1. The largest absolute Gasteiger partial charge is 0.392 e. The summed E-state index contributed by atoms with van der Waals surface area (Å²) in [5.74, 6) is 0. The van der Waals surface area contributed by atoms with Crippen molar-refractivity contribution in [2.24, 2.45) is 0 Å². The highest BCUT2D eigenvalue weighted by atomic mass is 28.4. The molecule has 0 heterocycles. The van der Waals surface area contributed by atoms with Crippen LogP contribution < -0.4 is 0 Å². The lowest BCUT2D eigenvalue weighted by Crippen LogP contribution is -2.43. The first-order valence-electron chi connectivity index (χ1n) is 10.3. The molecule has 0 aliphatic rings. The Hall–Kier alpha value is 0.137. The Morgan fingerprint density at radius 3 is 1.43 bits per heavy atom. The van der Waals surface area contributed by atoms with Gasteiger partial charge in [0.15, 0.2) is 0 Å². The van der Waals surface area contributed by atoms with Gasteiger partial charge in [0.25, 0.3) is 0 Å². The van der Waals surface area contributed by atoms with Crippen molar-refractivity contribution in [1.29, 1.82) is 0 Å². The number of hydrogen-bond acceptors (Lipinski definition) is 2. The van der Waals surface area contributed by atoms with Crippen molar-refractivity contribution >= 4 is 8.56 Å². The smallest absolute Gasteiger partial charge is 0.335 e. The quantitative estimate of drug-likeness (QED) is 0.217. The van der Waals surface area contributed by atoms with Gasteiger partial charge in [-0.2, -0.15) is 0 Å².